The van der Waals surface area contributed by atoms with Crippen molar-refractivity contribution in [3.8, 4) is 0 Å². The standard InChI is InChI=1S/C27H45N3O19/c1-8(32)28-5-12(36)17(37)23-15(29-9(2)33)11(35)4-27(49-23,26(43)44)45-7-14-18(38)20(40)21(41)25(47-14)48-22-13(6-31)46-24(42)16(19(22)39)30-10(3)34/h11-25,31,35-42H,4-7H2,1-3H3,(H,28,32)(H,29,33)(H,30,34)(H,43,44)/t11-,12+,13+,14+,15+,16+,17+,18-,19+,20-,21+,22+,23+,24?,25-,27+/m0/s1. The van der Waals surface area contributed by atoms with Gasteiger partial charge >= 0.3 is 5.97 Å². The summed E-state index contributed by atoms with van der Waals surface area (Å²) in [6.45, 7) is 0.902. The van der Waals surface area contributed by atoms with E-state index < -0.39 is 147 Å². The van der Waals surface area contributed by atoms with E-state index in [0.29, 0.717) is 0 Å². The van der Waals surface area contributed by atoms with Gasteiger partial charge in [0.05, 0.1) is 31.5 Å². The summed E-state index contributed by atoms with van der Waals surface area (Å²) in [6.07, 6.45) is -24.8. The molecule has 3 saturated heterocycles. The molecule has 0 aromatic heterocycles. The second kappa shape index (κ2) is 17.0. The summed E-state index contributed by atoms with van der Waals surface area (Å²) in [5, 5.41) is 112. The molecular weight excluding hydrogens is 670 g/mol. The monoisotopic (exact) mass is 715 g/mol. The van der Waals surface area contributed by atoms with Crippen molar-refractivity contribution in [1.82, 2.24) is 16.0 Å². The van der Waals surface area contributed by atoms with Gasteiger partial charge in [0, 0.05) is 33.7 Å². The van der Waals surface area contributed by atoms with E-state index in [0.717, 1.165) is 20.8 Å². The van der Waals surface area contributed by atoms with Crippen LogP contribution in [0.15, 0.2) is 0 Å². The number of aliphatic hydroxyl groups is 9. The summed E-state index contributed by atoms with van der Waals surface area (Å²) in [5.74, 6) is -6.72. The van der Waals surface area contributed by atoms with E-state index in [1.54, 1.807) is 0 Å². The topological polar surface area (TPSA) is 353 Å². The van der Waals surface area contributed by atoms with Gasteiger partial charge in [-0.1, -0.05) is 0 Å². The molecule has 282 valence electrons. The molecule has 0 spiro atoms. The summed E-state index contributed by atoms with van der Waals surface area (Å²) >= 11 is 0. The van der Waals surface area contributed by atoms with Crippen molar-refractivity contribution >= 4 is 23.7 Å². The highest BCUT2D eigenvalue weighted by atomic mass is 16.8. The maximum absolute atomic E-state index is 12.6. The largest absolute Gasteiger partial charge is 0.477 e. The summed E-state index contributed by atoms with van der Waals surface area (Å²) < 4.78 is 27.4. The van der Waals surface area contributed by atoms with Gasteiger partial charge in [0.2, 0.25) is 17.7 Å². The normalized spacial score (nSPS) is 40.9. The van der Waals surface area contributed by atoms with Crippen molar-refractivity contribution in [2.75, 3.05) is 19.8 Å². The SMILES string of the molecule is CC(=O)NC[C@@H](O)[C@@H](O)[C@@H]1O[C@@](OC[C@H]2O[C@@H](O[C@H]3[C@H](O)[C@@H](NC(C)=O)C(O)O[C@@H]3CO)[C@H](O)[C@@H](O)[C@H]2O)(C(=O)O)C[C@H](O)[C@H]1NC(C)=O. The number of nitrogens with one attached hydrogen (secondary N) is 3. The van der Waals surface area contributed by atoms with Crippen molar-refractivity contribution in [3.05, 3.63) is 0 Å². The fourth-order valence-electron chi connectivity index (χ4n) is 5.72. The molecule has 0 aliphatic carbocycles. The lowest BCUT2D eigenvalue weighted by molar-refractivity contribution is -0.358. The predicted octanol–water partition coefficient (Wildman–Crippen LogP) is -7.94. The number of aliphatic hydroxyl groups excluding tert-OH is 9. The Morgan fingerprint density at radius 1 is 0.837 bits per heavy atom. The van der Waals surface area contributed by atoms with E-state index in [4.69, 9.17) is 23.7 Å². The maximum atomic E-state index is 12.6. The molecule has 0 radical (unpaired) electrons. The molecule has 49 heavy (non-hydrogen) atoms. The second-order valence-corrected chi connectivity index (χ2v) is 12.0. The van der Waals surface area contributed by atoms with E-state index in [1.807, 2.05) is 0 Å². The molecule has 13 N–H and O–H groups in total. The van der Waals surface area contributed by atoms with Crippen LogP contribution in [0.1, 0.15) is 27.2 Å². The van der Waals surface area contributed by atoms with Gasteiger partial charge in [0.15, 0.2) is 12.6 Å². The van der Waals surface area contributed by atoms with Crippen LogP contribution in [0.2, 0.25) is 0 Å². The van der Waals surface area contributed by atoms with Gasteiger partial charge in [-0.3, -0.25) is 14.4 Å². The third-order valence-corrected chi connectivity index (χ3v) is 8.24. The van der Waals surface area contributed by atoms with Crippen LogP contribution >= 0.6 is 0 Å². The average molecular weight is 716 g/mol. The molecule has 0 aromatic rings. The lowest BCUT2D eigenvalue weighted by Crippen LogP contribution is -2.69. The zero-order chi connectivity index (χ0) is 37.0. The van der Waals surface area contributed by atoms with Crippen LogP contribution in [-0.2, 0) is 42.9 Å². The summed E-state index contributed by atoms with van der Waals surface area (Å²) in [7, 11) is 0. The Morgan fingerprint density at radius 3 is 2.00 bits per heavy atom. The third kappa shape index (κ3) is 9.56. The number of hydrogen-bond acceptors (Lipinski definition) is 18. The lowest BCUT2D eigenvalue weighted by atomic mass is 9.88. The van der Waals surface area contributed by atoms with Crippen LogP contribution in [0.3, 0.4) is 0 Å². The fraction of sp³-hybridized carbons (Fsp3) is 0.852. The van der Waals surface area contributed by atoms with Gasteiger partial charge in [0.1, 0.15) is 61.0 Å². The Bertz CT molecular complexity index is 1170. The number of rotatable bonds is 13. The number of carbonyl (C=O) groups excluding carboxylic acids is 3. The number of carbonyl (C=O) groups is 4. The Kier molecular flexibility index (Phi) is 14.2. The first-order valence-electron chi connectivity index (χ1n) is 15.2. The smallest absolute Gasteiger partial charge is 0.364 e. The van der Waals surface area contributed by atoms with Crippen molar-refractivity contribution in [3.63, 3.8) is 0 Å². The molecule has 3 heterocycles. The minimum absolute atomic E-state index is 0.535. The van der Waals surface area contributed by atoms with Gasteiger partial charge in [-0.05, 0) is 0 Å². The van der Waals surface area contributed by atoms with Crippen LogP contribution in [0.4, 0.5) is 0 Å². The van der Waals surface area contributed by atoms with E-state index >= 15 is 0 Å². The van der Waals surface area contributed by atoms with Gasteiger partial charge in [-0.15, -0.1) is 0 Å². The minimum Gasteiger partial charge on any atom is -0.477 e. The van der Waals surface area contributed by atoms with Crippen LogP contribution in [0, 0.1) is 0 Å². The number of carboxylic acid groups (broad SMARTS) is 1. The number of ether oxygens (including phenoxy) is 5. The summed E-state index contributed by atoms with van der Waals surface area (Å²) in [4.78, 5) is 47.3. The molecule has 1 unspecified atom stereocenters. The first kappa shape index (κ1) is 40.7. The molecule has 3 fully saturated rings. The van der Waals surface area contributed by atoms with E-state index in [-0.39, 0.29) is 0 Å². The molecule has 3 aliphatic heterocycles. The van der Waals surface area contributed by atoms with E-state index in [9.17, 15) is 70.2 Å². The summed E-state index contributed by atoms with van der Waals surface area (Å²) in [5.41, 5.74) is 0. The average Bonchev–Trinajstić information content (AvgIpc) is 3.02. The molecule has 3 rings (SSSR count). The van der Waals surface area contributed by atoms with Crippen LogP contribution in [0.5, 0.6) is 0 Å². The number of aliphatic carboxylic acids is 1. The second-order valence-electron chi connectivity index (χ2n) is 12.0. The molecule has 22 heteroatoms. The maximum Gasteiger partial charge on any atom is 0.364 e. The molecule has 3 aliphatic rings. The minimum atomic E-state index is -2.86. The summed E-state index contributed by atoms with van der Waals surface area (Å²) in [6, 6.07) is -2.97. The lowest BCUT2D eigenvalue weighted by Gasteiger charge is -2.48. The molecule has 0 bridgehead atoms. The van der Waals surface area contributed by atoms with Crippen LogP contribution < -0.4 is 16.0 Å². The molecular formula is C27H45N3O19. The number of amides is 3. The highest BCUT2D eigenvalue weighted by molar-refractivity contribution is 5.76. The van der Waals surface area contributed by atoms with Gasteiger partial charge in [-0.2, -0.15) is 0 Å². The quantitative estimate of drug-likeness (QED) is 0.0842. The zero-order valence-electron chi connectivity index (χ0n) is 26.6. The Balaban J connectivity index is 1.84. The highest BCUT2D eigenvalue weighted by Crippen LogP contribution is 2.35. The first-order chi connectivity index (χ1) is 22.8. The fourth-order valence-corrected chi connectivity index (χ4v) is 5.72. The molecule has 0 aromatic carbocycles. The van der Waals surface area contributed by atoms with Gasteiger partial charge < -0.3 is 90.7 Å². The third-order valence-electron chi connectivity index (χ3n) is 8.24. The molecule has 22 nitrogen and oxygen atoms in total. The predicted molar refractivity (Wildman–Crippen MR) is 153 cm³/mol. The van der Waals surface area contributed by atoms with Gasteiger partial charge in [0.25, 0.3) is 5.79 Å². The van der Waals surface area contributed by atoms with Crippen molar-refractivity contribution in [2.45, 2.75) is 125 Å². The Hall–Kier alpha value is -2.68. The number of carboxylic acids is 1. The molecule has 0 saturated carbocycles. The molecule has 3 amide bonds. The highest BCUT2D eigenvalue weighted by Gasteiger charge is 2.57. The van der Waals surface area contributed by atoms with E-state index in [1.165, 1.54) is 0 Å². The number of hydrogen-bond donors (Lipinski definition) is 13. The van der Waals surface area contributed by atoms with Gasteiger partial charge in [-0.25, -0.2) is 4.79 Å². The first-order valence-corrected chi connectivity index (χ1v) is 15.2. The van der Waals surface area contributed by atoms with Crippen molar-refractivity contribution < 1.29 is 93.9 Å². The Morgan fingerprint density at radius 2 is 1.45 bits per heavy atom. The van der Waals surface area contributed by atoms with Crippen molar-refractivity contribution in [2.24, 2.45) is 0 Å². The Labute approximate surface area is 278 Å². The van der Waals surface area contributed by atoms with Crippen LogP contribution in [0.25, 0.3) is 0 Å². The van der Waals surface area contributed by atoms with E-state index in [2.05, 4.69) is 16.0 Å². The molecule has 16 atom stereocenters. The van der Waals surface area contributed by atoms with Crippen LogP contribution in [-0.4, -0.2) is 192 Å². The zero-order valence-corrected chi connectivity index (χ0v) is 26.6. The van der Waals surface area contributed by atoms with Crippen molar-refractivity contribution in [1.29, 1.82) is 0 Å².